The summed E-state index contributed by atoms with van der Waals surface area (Å²) >= 11 is -1.18. The van der Waals surface area contributed by atoms with Crippen molar-refractivity contribution in [2.45, 2.75) is 63.9 Å². The number of hydrogen-bond acceptors (Lipinski definition) is 2. The Morgan fingerprint density at radius 1 is 1.14 bits per heavy atom. The van der Waals surface area contributed by atoms with E-state index in [2.05, 4.69) is 32.9 Å². The predicted molar refractivity (Wildman–Crippen MR) is 86.7 cm³/mol. The van der Waals surface area contributed by atoms with Crippen LogP contribution in [0.3, 0.4) is 0 Å². The monoisotopic (exact) mass is 311 g/mol. The van der Waals surface area contributed by atoms with Crippen LogP contribution in [0.25, 0.3) is 0 Å². The molecule has 0 spiro atoms. The lowest BCUT2D eigenvalue weighted by Crippen LogP contribution is -2.39. The Morgan fingerprint density at radius 3 is 2.05 bits per heavy atom. The van der Waals surface area contributed by atoms with Crippen LogP contribution in [0.15, 0.2) is 17.0 Å². The van der Waals surface area contributed by atoms with Gasteiger partial charge in [0, 0.05) is 24.2 Å². The molecular weight excluding hydrogens is 285 g/mol. The van der Waals surface area contributed by atoms with Gasteiger partial charge in [0.1, 0.15) is 6.17 Å². The van der Waals surface area contributed by atoms with Gasteiger partial charge in [-0.1, -0.05) is 32.9 Å². The van der Waals surface area contributed by atoms with Crippen molar-refractivity contribution in [3.05, 3.63) is 28.8 Å². The molecule has 1 atom stereocenters. The molecule has 1 aliphatic rings. The smallest absolute Gasteiger partial charge is 0.179 e. The van der Waals surface area contributed by atoms with Gasteiger partial charge in [0.25, 0.3) is 0 Å². The fourth-order valence-electron chi connectivity index (χ4n) is 2.78. The fourth-order valence-corrected chi connectivity index (χ4v) is 4.25. The minimum atomic E-state index is -1.18. The Morgan fingerprint density at radius 2 is 1.62 bits per heavy atom. The van der Waals surface area contributed by atoms with Crippen LogP contribution in [0.4, 0.5) is 4.39 Å². The zero-order valence-corrected chi connectivity index (χ0v) is 14.5. The van der Waals surface area contributed by atoms with Gasteiger partial charge >= 0.3 is 0 Å². The van der Waals surface area contributed by atoms with Gasteiger partial charge in [-0.05, 0) is 37.7 Å². The quantitative estimate of drug-likeness (QED) is 0.770. The summed E-state index contributed by atoms with van der Waals surface area (Å²) in [5.74, 6) is 0. The van der Waals surface area contributed by atoms with Crippen LogP contribution in [0.5, 0.6) is 0 Å². The Labute approximate surface area is 131 Å². The molecule has 0 N–H and O–H groups in total. The van der Waals surface area contributed by atoms with Crippen LogP contribution in [0.1, 0.15) is 50.3 Å². The van der Waals surface area contributed by atoms with Gasteiger partial charge in [0.15, 0.2) is 4.90 Å². The topological polar surface area (TPSA) is 26.3 Å². The highest BCUT2D eigenvalue weighted by atomic mass is 32.2. The standard InChI is InChI=1S/C17H26FNOS/c1-12-10-14(17(3,4)5)11-13(2)16(12)21(20)19-8-6-15(18)7-9-19/h10-11,15H,6-9H2,1-5H3. The lowest BCUT2D eigenvalue weighted by Gasteiger charge is -2.30. The van der Waals surface area contributed by atoms with Gasteiger partial charge in [-0.3, -0.25) is 0 Å². The van der Waals surface area contributed by atoms with Crippen molar-refractivity contribution < 1.29 is 8.94 Å². The van der Waals surface area contributed by atoms with Gasteiger partial charge in [0.05, 0.1) is 11.4 Å². The maximum atomic E-state index is 13.2. The van der Waals surface area contributed by atoms with E-state index in [1.54, 1.807) is 0 Å². The van der Waals surface area contributed by atoms with Gasteiger partial charge in [0.2, 0.25) is 0 Å². The lowest BCUT2D eigenvalue weighted by molar-refractivity contribution is 0.210. The molecule has 21 heavy (non-hydrogen) atoms. The number of piperidine rings is 1. The second-order valence-corrected chi connectivity index (χ2v) is 8.46. The number of benzene rings is 1. The van der Waals surface area contributed by atoms with E-state index in [4.69, 9.17) is 0 Å². The Balaban J connectivity index is 2.27. The van der Waals surface area contributed by atoms with E-state index >= 15 is 0 Å². The van der Waals surface area contributed by atoms with E-state index in [9.17, 15) is 8.94 Å². The van der Waals surface area contributed by atoms with Crippen molar-refractivity contribution in [2.24, 2.45) is 0 Å². The molecule has 0 radical (unpaired) electrons. The van der Waals surface area contributed by atoms with E-state index in [-0.39, 0.29) is 5.41 Å². The van der Waals surface area contributed by atoms with Crippen molar-refractivity contribution >= 4 is 11.4 Å². The molecule has 0 aromatic heterocycles. The van der Waals surface area contributed by atoms with Crippen LogP contribution in [-0.4, -0.2) is 28.1 Å². The maximum absolute atomic E-state index is 13.2. The van der Waals surface area contributed by atoms with Crippen LogP contribution in [0, 0.1) is 13.8 Å². The summed E-state index contributed by atoms with van der Waals surface area (Å²) in [6, 6.07) is 4.28. The van der Waals surface area contributed by atoms with Gasteiger partial charge < -0.3 is 4.55 Å². The first-order valence-electron chi connectivity index (χ1n) is 7.63. The minimum absolute atomic E-state index is 0.0854. The normalized spacial score (nSPS) is 19.8. The van der Waals surface area contributed by atoms with Gasteiger partial charge in [-0.2, -0.15) is 0 Å². The molecule has 2 rings (SSSR count). The fraction of sp³-hybridized carbons (Fsp3) is 0.647. The van der Waals surface area contributed by atoms with E-state index < -0.39 is 17.5 Å². The molecule has 0 saturated carbocycles. The molecule has 1 saturated heterocycles. The van der Waals surface area contributed by atoms with E-state index in [1.165, 1.54) is 5.56 Å². The summed E-state index contributed by atoms with van der Waals surface area (Å²) in [6.07, 6.45) is 0.247. The highest BCUT2D eigenvalue weighted by molar-refractivity contribution is 7.89. The molecular formula is C17H26FNOS. The molecule has 1 aromatic rings. The van der Waals surface area contributed by atoms with Crippen LogP contribution < -0.4 is 0 Å². The molecule has 118 valence electrons. The highest BCUT2D eigenvalue weighted by Crippen LogP contribution is 2.31. The molecule has 1 aliphatic heterocycles. The number of hydrogen-bond donors (Lipinski definition) is 0. The van der Waals surface area contributed by atoms with E-state index in [0.29, 0.717) is 25.9 Å². The molecule has 2 nitrogen and oxygen atoms in total. The summed E-state index contributed by atoms with van der Waals surface area (Å²) in [7, 11) is 0. The van der Waals surface area contributed by atoms with Gasteiger partial charge in [-0.25, -0.2) is 4.39 Å². The third kappa shape index (κ3) is 3.79. The molecule has 4 heteroatoms. The minimum Gasteiger partial charge on any atom is -0.593 e. The van der Waals surface area contributed by atoms with Crippen LogP contribution in [0.2, 0.25) is 0 Å². The Kier molecular flexibility index (Phi) is 5.01. The first-order chi connectivity index (χ1) is 9.70. The molecule has 0 amide bonds. The SMILES string of the molecule is Cc1cc(C(C)(C)C)cc(C)c1[S+]([O-])N1CCC(F)CC1. The summed E-state index contributed by atoms with van der Waals surface area (Å²) < 4.78 is 28.0. The highest BCUT2D eigenvalue weighted by Gasteiger charge is 2.31. The zero-order chi connectivity index (χ0) is 15.8. The largest absolute Gasteiger partial charge is 0.593 e. The average molecular weight is 311 g/mol. The number of aryl methyl sites for hydroxylation is 2. The van der Waals surface area contributed by atoms with Crippen molar-refractivity contribution in [2.75, 3.05) is 13.1 Å². The predicted octanol–water partition coefficient (Wildman–Crippen LogP) is 4.06. The second kappa shape index (κ2) is 6.27. The lowest BCUT2D eigenvalue weighted by atomic mass is 9.85. The number of rotatable bonds is 2. The number of halogens is 1. The van der Waals surface area contributed by atoms with E-state index in [1.807, 2.05) is 18.2 Å². The van der Waals surface area contributed by atoms with Crippen molar-refractivity contribution in [3.8, 4) is 0 Å². The first-order valence-corrected chi connectivity index (χ1v) is 8.73. The van der Waals surface area contributed by atoms with Gasteiger partial charge in [-0.15, -0.1) is 4.31 Å². The van der Waals surface area contributed by atoms with Crippen molar-refractivity contribution in [3.63, 3.8) is 0 Å². The molecule has 1 fully saturated rings. The Bertz CT molecular complexity index is 481. The number of alkyl halides is 1. The van der Waals surface area contributed by atoms with Crippen LogP contribution >= 0.6 is 0 Å². The molecule has 1 unspecified atom stereocenters. The first kappa shape index (κ1) is 16.8. The third-order valence-corrected chi connectivity index (χ3v) is 5.95. The summed E-state index contributed by atoms with van der Waals surface area (Å²) in [4.78, 5) is 0.903. The molecule has 0 bridgehead atoms. The summed E-state index contributed by atoms with van der Waals surface area (Å²) in [5.41, 5.74) is 3.49. The Hall–Kier alpha value is -0.580. The number of nitrogens with zero attached hydrogens (tertiary/aromatic N) is 1. The molecule has 1 aromatic carbocycles. The zero-order valence-electron chi connectivity index (χ0n) is 13.7. The summed E-state index contributed by atoms with van der Waals surface area (Å²) in [6.45, 7) is 11.8. The van der Waals surface area contributed by atoms with E-state index in [0.717, 1.165) is 16.0 Å². The maximum Gasteiger partial charge on any atom is 0.179 e. The average Bonchev–Trinajstić information content (AvgIpc) is 2.37. The molecule has 0 aliphatic carbocycles. The second-order valence-electron chi connectivity index (χ2n) is 7.04. The van der Waals surface area contributed by atoms with Crippen molar-refractivity contribution in [1.29, 1.82) is 0 Å². The molecule has 1 heterocycles. The third-order valence-electron chi connectivity index (χ3n) is 4.12. The van der Waals surface area contributed by atoms with Crippen LogP contribution in [-0.2, 0) is 16.8 Å². The summed E-state index contributed by atoms with van der Waals surface area (Å²) in [5, 5.41) is 0. The van der Waals surface area contributed by atoms with Crippen molar-refractivity contribution in [1.82, 2.24) is 4.31 Å².